The Labute approximate surface area is 839 Å². The fourth-order valence-corrected chi connectivity index (χ4v) is 23.0. The van der Waals surface area contributed by atoms with Crippen LogP contribution in [0, 0.1) is 0 Å². The van der Waals surface area contributed by atoms with Gasteiger partial charge in [-0.3, -0.25) is 0 Å². The molecule has 26 aromatic rings. The second-order valence-corrected chi connectivity index (χ2v) is 38.1. The number of furan rings is 3. The van der Waals surface area contributed by atoms with Crippen molar-refractivity contribution < 1.29 is 13.3 Å². The summed E-state index contributed by atoms with van der Waals surface area (Å²) in [6, 6.07) is 159. The highest BCUT2D eigenvalue weighted by molar-refractivity contribution is 6.13. The zero-order chi connectivity index (χ0) is 96.7. The largest absolute Gasteiger partial charge is 0.456 e. The van der Waals surface area contributed by atoms with Crippen LogP contribution < -0.4 is 0 Å². The summed E-state index contributed by atoms with van der Waals surface area (Å²) in [5, 5.41) is 6.46. The summed E-state index contributed by atoms with van der Waals surface area (Å²) in [5.41, 5.74) is 36.4. The lowest BCUT2D eigenvalue weighted by Gasteiger charge is -2.33. The Hall–Kier alpha value is -19.3. The molecule has 0 saturated carbocycles. The molecule has 0 fully saturated rings. The van der Waals surface area contributed by atoms with Crippen molar-refractivity contribution in [2.75, 3.05) is 0 Å². The van der Waals surface area contributed by atoms with Crippen molar-refractivity contribution in [2.24, 2.45) is 0 Å². The normalized spacial score (nSPS) is 13.2. The number of aromatic nitrogens is 11. The van der Waals surface area contributed by atoms with Gasteiger partial charge < -0.3 is 13.3 Å². The van der Waals surface area contributed by atoms with Crippen LogP contribution in [-0.2, 0) is 16.2 Å². The van der Waals surface area contributed by atoms with Crippen LogP contribution in [0.1, 0.15) is 69.5 Å². The molecule has 19 aromatic carbocycles. The SMILES string of the molecule is CC1(C)c2ccccc2-c2cc3c(cc21)oc1cc(-c2nc(-c4ccccc4)nc(-c4ccccc4)n2)ccc13.c1ccc(-c2cccc(-c3nc(-c4ccccc4)nc(-c4ccc5c(c4)oc4cc6c(cc45)-c4ccccc4C64c5ccccc5-c5ccccc54)n3)c2)cc1.c1ccc(-c2nc(-c3ccc4c(c3)oc3cc5c(cc34)-c3ccccc3C5(c3ccccc3)c3ccccc3)nc(-c3ncccn3)n2)cc1. The van der Waals surface area contributed by atoms with Gasteiger partial charge in [-0.05, 0) is 196 Å². The van der Waals surface area contributed by atoms with Crippen LogP contribution in [0.3, 0.4) is 0 Å². The Morgan fingerprint density at radius 3 is 0.795 bits per heavy atom. The van der Waals surface area contributed by atoms with Crippen molar-refractivity contribution >= 4 is 65.8 Å². The van der Waals surface area contributed by atoms with E-state index in [-0.39, 0.29) is 5.41 Å². The zero-order valence-corrected chi connectivity index (χ0v) is 79.1. The molecule has 0 atom stereocenters. The first-order valence-corrected chi connectivity index (χ1v) is 49.1. The first-order valence-electron chi connectivity index (χ1n) is 49.1. The number of fused-ring (bicyclic) bond motifs is 25. The fraction of sp³-hybridized carbons (Fsp3) is 0.0379. The summed E-state index contributed by atoms with van der Waals surface area (Å²) in [5.74, 6) is 5.66. The van der Waals surface area contributed by atoms with Crippen molar-refractivity contribution in [1.82, 2.24) is 54.8 Å². The minimum absolute atomic E-state index is 0.0726. The van der Waals surface area contributed by atoms with Gasteiger partial charge in [0.15, 0.2) is 52.4 Å². The van der Waals surface area contributed by atoms with E-state index < -0.39 is 10.8 Å². The molecule has 0 amide bonds. The third-order valence-electron chi connectivity index (χ3n) is 29.6. The molecule has 14 nitrogen and oxygen atoms in total. The van der Waals surface area contributed by atoms with E-state index >= 15 is 0 Å². The van der Waals surface area contributed by atoms with Gasteiger partial charge in [0.25, 0.3) is 0 Å². The van der Waals surface area contributed by atoms with Crippen molar-refractivity contribution in [1.29, 1.82) is 0 Å². The number of benzene rings is 19. The highest BCUT2D eigenvalue weighted by Gasteiger charge is 2.53. The van der Waals surface area contributed by atoms with Crippen LogP contribution in [0.5, 0.6) is 0 Å². The topological polar surface area (TPSA) is 181 Å². The van der Waals surface area contributed by atoms with Gasteiger partial charge in [-0.25, -0.2) is 54.8 Å². The summed E-state index contributed by atoms with van der Waals surface area (Å²) in [6.07, 6.45) is 3.38. The maximum Gasteiger partial charge on any atom is 0.201 e. The van der Waals surface area contributed by atoms with E-state index in [1.165, 1.54) is 100 Å². The second-order valence-electron chi connectivity index (χ2n) is 38.1. The first-order chi connectivity index (χ1) is 72.1. The maximum absolute atomic E-state index is 6.84. The molecule has 30 rings (SSSR count). The third-order valence-corrected chi connectivity index (χ3v) is 29.6. The van der Waals surface area contributed by atoms with Crippen LogP contribution in [0.25, 0.3) is 224 Å². The fourth-order valence-electron chi connectivity index (χ4n) is 23.0. The number of nitrogens with zero attached hydrogens (tertiary/aromatic N) is 11. The Morgan fingerprint density at radius 1 is 0.158 bits per heavy atom. The second kappa shape index (κ2) is 34.0. The van der Waals surface area contributed by atoms with Gasteiger partial charge in [0.05, 0.1) is 10.8 Å². The van der Waals surface area contributed by atoms with Gasteiger partial charge in [0.1, 0.15) is 33.5 Å². The molecular formula is C132H83N11O3. The van der Waals surface area contributed by atoms with E-state index in [9.17, 15) is 0 Å². The van der Waals surface area contributed by atoms with Crippen molar-refractivity contribution in [2.45, 2.75) is 30.1 Å². The summed E-state index contributed by atoms with van der Waals surface area (Å²) >= 11 is 0. The monoisotopic (exact) mass is 1870 g/mol. The number of hydrogen-bond acceptors (Lipinski definition) is 14. The van der Waals surface area contributed by atoms with Crippen molar-refractivity contribution in [3.8, 4) is 158 Å². The Kier molecular flexibility index (Phi) is 19.7. The molecule has 0 aliphatic heterocycles. The molecule has 4 aliphatic carbocycles. The molecule has 0 N–H and O–H groups in total. The molecule has 7 aromatic heterocycles. The number of rotatable bonds is 12. The van der Waals surface area contributed by atoms with Crippen LogP contribution in [0.4, 0.5) is 0 Å². The molecule has 14 heteroatoms. The van der Waals surface area contributed by atoms with Crippen LogP contribution in [0.2, 0.25) is 0 Å². The van der Waals surface area contributed by atoms with Crippen molar-refractivity contribution in [3.63, 3.8) is 0 Å². The summed E-state index contributed by atoms with van der Waals surface area (Å²) in [4.78, 5) is 53.1. The Balaban J connectivity index is 0.000000108. The third kappa shape index (κ3) is 13.7. The first kappa shape index (κ1) is 84.7. The minimum Gasteiger partial charge on any atom is -0.456 e. The van der Waals surface area contributed by atoms with E-state index in [0.717, 1.165) is 121 Å². The van der Waals surface area contributed by atoms with Crippen LogP contribution in [-0.4, -0.2) is 54.8 Å². The average Bonchev–Trinajstić information content (AvgIpc) is 1.50. The average molecular weight is 1870 g/mol. The molecule has 0 unspecified atom stereocenters. The van der Waals surface area contributed by atoms with Gasteiger partial charge in [0.2, 0.25) is 5.82 Å². The smallest absolute Gasteiger partial charge is 0.201 e. The summed E-state index contributed by atoms with van der Waals surface area (Å²) < 4.78 is 20.1. The molecular weight excluding hydrogens is 1790 g/mol. The number of hydrogen-bond donors (Lipinski definition) is 0. The lowest BCUT2D eigenvalue weighted by atomic mass is 9.67. The van der Waals surface area contributed by atoms with Crippen LogP contribution in [0.15, 0.2) is 481 Å². The maximum atomic E-state index is 6.84. The molecule has 1 spiro atoms. The lowest BCUT2D eigenvalue weighted by molar-refractivity contribution is 0.647. The Bertz CT molecular complexity index is 9520. The predicted molar refractivity (Wildman–Crippen MR) is 582 cm³/mol. The molecule has 146 heavy (non-hydrogen) atoms. The predicted octanol–water partition coefficient (Wildman–Crippen LogP) is 31.8. The summed E-state index contributed by atoms with van der Waals surface area (Å²) in [7, 11) is 0. The molecule has 684 valence electrons. The minimum atomic E-state index is -0.499. The van der Waals surface area contributed by atoms with Crippen LogP contribution >= 0.6 is 0 Å². The molecule has 0 radical (unpaired) electrons. The van der Waals surface area contributed by atoms with Gasteiger partial charge in [-0.15, -0.1) is 0 Å². The van der Waals surface area contributed by atoms with Gasteiger partial charge >= 0.3 is 0 Å². The van der Waals surface area contributed by atoms with E-state index in [1.54, 1.807) is 18.5 Å². The molecule has 0 bridgehead atoms. The quantitative estimate of drug-likeness (QED) is 0.113. The molecule has 4 aliphatic rings. The lowest BCUT2D eigenvalue weighted by Crippen LogP contribution is -2.28. The van der Waals surface area contributed by atoms with Gasteiger partial charge in [-0.1, -0.05) is 384 Å². The molecule has 7 heterocycles. The van der Waals surface area contributed by atoms with E-state index in [0.29, 0.717) is 58.2 Å². The zero-order valence-electron chi connectivity index (χ0n) is 79.1. The van der Waals surface area contributed by atoms with Gasteiger partial charge in [0, 0.05) is 94.6 Å². The standard InChI is InChI=1S/C52H31N3O.C44H27N5O.C36H25N3O/c1-3-14-32(15-4-1)34-18-13-19-35(28-34)50-53-49(33-16-5-2-6-17-33)54-51(55-50)36-26-27-40-42-30-41-39-22-9-12-25-45(39)52(46(41)31-48(42)56-47(40)29-36)43-23-10-7-20-37(43)38-21-8-11-24-44(38)52;1-4-13-28(14-5-1)40-47-41(49-43(48-40)42-45-23-12-24-46-42)29-21-22-33-35-26-34-32-19-10-11-20-36(32)44(30-15-6-2-7-16-30,31-17-8-3-9-18-31)37(34)27-39(35)50-38(33)25-29;1-36(2)29-16-10-9-15-25(29)27-20-28-26-18-17-24(19-31(26)40-32(28)21-30(27)36)35-38-33(22-11-5-3-6-12-22)37-34(39-35)23-13-7-4-8-14-23/h1-31H;1-27H;3-21H,1-2H3. The molecule has 0 saturated heterocycles. The van der Waals surface area contributed by atoms with E-state index in [4.69, 9.17) is 58.1 Å². The van der Waals surface area contributed by atoms with E-state index in [1.807, 2.05) is 133 Å². The highest BCUT2D eigenvalue weighted by Crippen LogP contribution is 2.65. The van der Waals surface area contributed by atoms with E-state index in [2.05, 4.69) is 339 Å². The highest BCUT2D eigenvalue weighted by atomic mass is 16.3. The van der Waals surface area contributed by atoms with Gasteiger partial charge in [-0.2, -0.15) is 0 Å². The van der Waals surface area contributed by atoms with Crippen molar-refractivity contribution in [3.05, 3.63) is 523 Å². The Morgan fingerprint density at radius 2 is 0.418 bits per heavy atom. The summed E-state index contributed by atoms with van der Waals surface area (Å²) in [6.45, 7) is 4.58.